The molecule has 0 aliphatic carbocycles. The van der Waals surface area contributed by atoms with Crippen molar-refractivity contribution < 1.29 is 9.53 Å². The molecule has 0 radical (unpaired) electrons. The number of aromatic nitrogens is 3. The molecule has 3 rings (SSSR count). The van der Waals surface area contributed by atoms with Crippen molar-refractivity contribution in [3.63, 3.8) is 0 Å². The Morgan fingerprint density at radius 1 is 1.15 bits per heavy atom. The Bertz CT molecular complexity index is 958. The quantitative estimate of drug-likeness (QED) is 0.384. The lowest BCUT2D eigenvalue weighted by Gasteiger charge is -2.08. The highest BCUT2D eigenvalue weighted by molar-refractivity contribution is 7.99. The van der Waals surface area contributed by atoms with Gasteiger partial charge in [0.05, 0.1) is 17.9 Å². The number of ketones is 1. The Morgan fingerprint density at radius 2 is 1.89 bits per heavy atom. The first-order valence-electron chi connectivity index (χ1n) is 8.22. The van der Waals surface area contributed by atoms with E-state index in [0.29, 0.717) is 33.1 Å². The zero-order valence-corrected chi connectivity index (χ0v) is 17.1. The van der Waals surface area contributed by atoms with Gasteiger partial charge in [-0.05, 0) is 49.4 Å². The van der Waals surface area contributed by atoms with Crippen LogP contribution in [0.2, 0.25) is 10.0 Å². The summed E-state index contributed by atoms with van der Waals surface area (Å²) in [7, 11) is 1.59. The minimum absolute atomic E-state index is 0.0133. The SMILES string of the molecule is CCn1c(SCC(=O)c2ccc(OC)cc2)nnc1-c1ccc(Cl)cc1Cl. The Morgan fingerprint density at radius 3 is 2.52 bits per heavy atom. The van der Waals surface area contributed by atoms with Crippen molar-refractivity contribution in [2.75, 3.05) is 12.9 Å². The van der Waals surface area contributed by atoms with Crippen LogP contribution in [0.25, 0.3) is 11.4 Å². The van der Waals surface area contributed by atoms with Crippen molar-refractivity contribution in [3.05, 3.63) is 58.1 Å². The van der Waals surface area contributed by atoms with E-state index in [1.165, 1.54) is 11.8 Å². The second kappa shape index (κ2) is 8.78. The number of carbonyl (C=O) groups is 1. The normalized spacial score (nSPS) is 10.8. The highest BCUT2D eigenvalue weighted by Gasteiger charge is 2.17. The van der Waals surface area contributed by atoms with Crippen molar-refractivity contribution in [1.82, 2.24) is 14.8 Å². The summed E-state index contributed by atoms with van der Waals surface area (Å²) in [5, 5.41) is 10.2. The fourth-order valence-electron chi connectivity index (χ4n) is 2.54. The van der Waals surface area contributed by atoms with Crippen molar-refractivity contribution in [3.8, 4) is 17.1 Å². The van der Waals surface area contributed by atoms with Crippen molar-refractivity contribution >= 4 is 40.7 Å². The number of hydrogen-bond donors (Lipinski definition) is 0. The number of Topliss-reactive ketones (excluding diaryl/α,β-unsaturated/α-hetero) is 1. The second-order valence-corrected chi connectivity index (χ2v) is 7.40. The van der Waals surface area contributed by atoms with Crippen LogP contribution < -0.4 is 4.74 Å². The summed E-state index contributed by atoms with van der Waals surface area (Å²) < 4.78 is 7.04. The monoisotopic (exact) mass is 421 g/mol. The largest absolute Gasteiger partial charge is 0.497 e. The highest BCUT2D eigenvalue weighted by atomic mass is 35.5. The number of carbonyl (C=O) groups excluding carboxylic acids is 1. The van der Waals surface area contributed by atoms with Gasteiger partial charge in [-0.15, -0.1) is 10.2 Å². The van der Waals surface area contributed by atoms with Crippen LogP contribution in [0.5, 0.6) is 5.75 Å². The first-order chi connectivity index (χ1) is 13.0. The molecule has 0 aliphatic heterocycles. The molecular formula is C19H17Cl2N3O2S. The molecule has 0 aliphatic rings. The van der Waals surface area contributed by atoms with Gasteiger partial charge in [0.15, 0.2) is 16.8 Å². The molecule has 0 saturated carbocycles. The van der Waals surface area contributed by atoms with Crippen LogP contribution in [0.3, 0.4) is 0 Å². The molecule has 1 heterocycles. The number of hydrogen-bond acceptors (Lipinski definition) is 5. The van der Waals surface area contributed by atoms with E-state index in [9.17, 15) is 4.79 Å². The molecule has 0 bridgehead atoms. The summed E-state index contributed by atoms with van der Waals surface area (Å²) >= 11 is 13.6. The maximum Gasteiger partial charge on any atom is 0.191 e. The number of benzene rings is 2. The van der Waals surface area contributed by atoms with Crippen LogP contribution in [0, 0.1) is 0 Å². The Labute approximate surface area is 171 Å². The molecule has 27 heavy (non-hydrogen) atoms. The molecule has 5 nitrogen and oxygen atoms in total. The Kier molecular flexibility index (Phi) is 6.42. The van der Waals surface area contributed by atoms with Crippen LogP contribution in [0.15, 0.2) is 47.6 Å². The van der Waals surface area contributed by atoms with Crippen LogP contribution in [0.4, 0.5) is 0 Å². The van der Waals surface area contributed by atoms with Gasteiger partial charge in [0.1, 0.15) is 5.75 Å². The van der Waals surface area contributed by atoms with Gasteiger partial charge in [0, 0.05) is 22.7 Å². The third kappa shape index (κ3) is 4.46. The standard InChI is InChI=1S/C19H17Cl2N3O2S/c1-3-24-18(15-9-6-13(20)10-16(15)21)22-23-19(24)27-11-17(25)12-4-7-14(26-2)8-5-12/h4-10H,3,11H2,1-2H3. The average Bonchev–Trinajstić information content (AvgIpc) is 3.08. The lowest BCUT2D eigenvalue weighted by molar-refractivity contribution is 0.102. The summed E-state index contributed by atoms with van der Waals surface area (Å²) in [4.78, 5) is 12.4. The Hall–Kier alpha value is -2.02. The molecule has 0 atom stereocenters. The van der Waals surface area contributed by atoms with Crippen LogP contribution >= 0.6 is 35.0 Å². The molecule has 140 valence electrons. The van der Waals surface area contributed by atoms with Gasteiger partial charge in [-0.3, -0.25) is 4.79 Å². The van der Waals surface area contributed by atoms with Gasteiger partial charge >= 0.3 is 0 Å². The second-order valence-electron chi connectivity index (χ2n) is 5.61. The number of thioether (sulfide) groups is 1. The average molecular weight is 422 g/mol. The van der Waals surface area contributed by atoms with E-state index < -0.39 is 0 Å². The van der Waals surface area contributed by atoms with E-state index >= 15 is 0 Å². The maximum atomic E-state index is 12.4. The van der Waals surface area contributed by atoms with Crippen molar-refractivity contribution in [2.45, 2.75) is 18.6 Å². The summed E-state index contributed by atoms with van der Waals surface area (Å²) in [5.41, 5.74) is 1.38. The number of nitrogens with zero attached hydrogens (tertiary/aromatic N) is 3. The summed E-state index contributed by atoms with van der Waals surface area (Å²) in [6.07, 6.45) is 0. The van der Waals surface area contributed by atoms with Crippen LogP contribution in [-0.4, -0.2) is 33.4 Å². The molecule has 0 spiro atoms. The van der Waals surface area contributed by atoms with Gasteiger partial charge in [-0.25, -0.2) is 0 Å². The third-order valence-electron chi connectivity index (χ3n) is 3.95. The summed E-state index contributed by atoms with van der Waals surface area (Å²) in [6, 6.07) is 12.3. The first-order valence-corrected chi connectivity index (χ1v) is 9.96. The topological polar surface area (TPSA) is 57.0 Å². The minimum atomic E-state index is 0.0133. The maximum absolute atomic E-state index is 12.4. The number of halogens is 2. The fraction of sp³-hybridized carbons (Fsp3) is 0.211. The molecule has 2 aromatic carbocycles. The predicted octanol–water partition coefficient (Wildman–Crippen LogP) is 5.26. The van der Waals surface area contributed by atoms with Gasteiger partial charge in [0.25, 0.3) is 0 Å². The molecule has 8 heteroatoms. The van der Waals surface area contributed by atoms with E-state index in [-0.39, 0.29) is 11.5 Å². The summed E-state index contributed by atoms with van der Waals surface area (Å²) in [5.74, 6) is 1.64. The van der Waals surface area contributed by atoms with E-state index in [4.69, 9.17) is 27.9 Å². The number of rotatable bonds is 7. The molecule has 0 amide bonds. The first kappa shape index (κ1) is 19.7. The highest BCUT2D eigenvalue weighted by Crippen LogP contribution is 2.31. The van der Waals surface area contributed by atoms with Crippen molar-refractivity contribution in [2.24, 2.45) is 0 Å². The minimum Gasteiger partial charge on any atom is -0.497 e. The molecular weight excluding hydrogens is 405 g/mol. The molecule has 0 saturated heterocycles. The van der Waals surface area contributed by atoms with E-state index in [2.05, 4.69) is 10.2 Å². The predicted molar refractivity (Wildman–Crippen MR) is 109 cm³/mol. The fourth-order valence-corrected chi connectivity index (χ4v) is 3.93. The van der Waals surface area contributed by atoms with Crippen LogP contribution in [0.1, 0.15) is 17.3 Å². The number of methoxy groups -OCH3 is 1. The van der Waals surface area contributed by atoms with Crippen LogP contribution in [-0.2, 0) is 6.54 Å². The number of ether oxygens (including phenoxy) is 1. The van der Waals surface area contributed by atoms with Gasteiger partial charge < -0.3 is 9.30 Å². The lowest BCUT2D eigenvalue weighted by atomic mass is 10.1. The molecule has 0 fully saturated rings. The van der Waals surface area contributed by atoms with E-state index in [1.54, 1.807) is 43.5 Å². The molecule has 0 N–H and O–H groups in total. The van der Waals surface area contributed by atoms with Gasteiger partial charge in [-0.2, -0.15) is 0 Å². The van der Waals surface area contributed by atoms with E-state index in [1.807, 2.05) is 17.6 Å². The lowest BCUT2D eigenvalue weighted by Crippen LogP contribution is -2.05. The molecule has 3 aromatic rings. The zero-order chi connectivity index (χ0) is 19.4. The van der Waals surface area contributed by atoms with Crippen molar-refractivity contribution in [1.29, 1.82) is 0 Å². The molecule has 0 unspecified atom stereocenters. The third-order valence-corrected chi connectivity index (χ3v) is 5.46. The summed E-state index contributed by atoms with van der Waals surface area (Å²) in [6.45, 7) is 2.65. The zero-order valence-electron chi connectivity index (χ0n) is 14.8. The van der Waals surface area contributed by atoms with Gasteiger partial charge in [0.2, 0.25) is 0 Å². The smallest absolute Gasteiger partial charge is 0.191 e. The van der Waals surface area contributed by atoms with E-state index in [0.717, 1.165) is 11.3 Å². The van der Waals surface area contributed by atoms with Gasteiger partial charge in [-0.1, -0.05) is 35.0 Å². The molecule has 1 aromatic heterocycles. The Balaban J connectivity index is 1.77.